The fourth-order valence-corrected chi connectivity index (χ4v) is 1.19. The molecule has 0 heterocycles. The van der Waals surface area contributed by atoms with Crippen LogP contribution in [0, 0.1) is 0 Å². The average Bonchev–Trinajstić information content (AvgIpc) is 2.05. The summed E-state index contributed by atoms with van der Waals surface area (Å²) in [6, 6.07) is 3.08. The highest BCUT2D eigenvalue weighted by molar-refractivity contribution is 6.68. The van der Waals surface area contributed by atoms with Crippen LogP contribution in [0.3, 0.4) is 0 Å². The molecule has 0 aliphatic heterocycles. The number of alkyl halides is 3. The van der Waals surface area contributed by atoms with Gasteiger partial charge in [0, 0.05) is 5.02 Å². The number of ether oxygens (including phenoxy) is 1. The van der Waals surface area contributed by atoms with Crippen LogP contribution in [0.25, 0.3) is 0 Å². The van der Waals surface area contributed by atoms with Crippen LogP contribution >= 0.6 is 23.2 Å². The molecule has 82 valence electrons. The molecule has 0 amide bonds. The van der Waals surface area contributed by atoms with E-state index in [0.29, 0.717) is 0 Å². The van der Waals surface area contributed by atoms with Gasteiger partial charge in [-0.1, -0.05) is 11.6 Å². The second-order valence-electron chi connectivity index (χ2n) is 2.46. The summed E-state index contributed by atoms with van der Waals surface area (Å²) in [6.45, 7) is 0. The minimum absolute atomic E-state index is 0.0912. The molecule has 0 aromatic heterocycles. The third-order valence-corrected chi connectivity index (χ3v) is 1.82. The number of halogens is 5. The molecule has 0 bridgehead atoms. The molecule has 1 aromatic carbocycles. The van der Waals surface area contributed by atoms with Crippen molar-refractivity contribution in [2.24, 2.45) is 0 Å². The molecule has 0 saturated carbocycles. The van der Waals surface area contributed by atoms with Gasteiger partial charge in [0.05, 0.1) is 5.56 Å². The lowest BCUT2D eigenvalue weighted by molar-refractivity contribution is -0.274. The lowest BCUT2D eigenvalue weighted by Gasteiger charge is -2.11. The zero-order valence-corrected chi connectivity index (χ0v) is 8.45. The summed E-state index contributed by atoms with van der Waals surface area (Å²) in [6.07, 6.45) is -4.88. The van der Waals surface area contributed by atoms with Gasteiger partial charge >= 0.3 is 6.36 Å². The fraction of sp³-hybridized carbons (Fsp3) is 0.125. The van der Waals surface area contributed by atoms with Crippen molar-refractivity contribution in [1.82, 2.24) is 0 Å². The number of benzene rings is 1. The first-order valence-corrected chi connectivity index (χ1v) is 4.30. The van der Waals surface area contributed by atoms with Gasteiger partial charge in [-0.3, -0.25) is 4.79 Å². The largest absolute Gasteiger partial charge is 0.573 e. The van der Waals surface area contributed by atoms with Crippen LogP contribution in [0.2, 0.25) is 5.02 Å². The Morgan fingerprint density at radius 3 is 2.40 bits per heavy atom. The normalized spacial score (nSPS) is 11.3. The number of carbonyl (C=O) groups excluding carboxylic acids is 1. The summed E-state index contributed by atoms with van der Waals surface area (Å²) in [5.41, 5.74) is -0.429. The molecule has 0 aliphatic rings. The van der Waals surface area contributed by atoms with Gasteiger partial charge < -0.3 is 4.74 Å². The van der Waals surface area contributed by atoms with E-state index < -0.39 is 22.9 Å². The maximum absolute atomic E-state index is 11.9. The third-order valence-electron chi connectivity index (χ3n) is 1.38. The van der Waals surface area contributed by atoms with E-state index in [1.807, 2.05) is 0 Å². The van der Waals surface area contributed by atoms with E-state index in [2.05, 4.69) is 4.74 Å². The van der Waals surface area contributed by atoms with Crippen molar-refractivity contribution in [2.45, 2.75) is 6.36 Å². The molecular formula is C8H3Cl2F3O2. The zero-order valence-electron chi connectivity index (χ0n) is 6.94. The topological polar surface area (TPSA) is 26.3 Å². The van der Waals surface area contributed by atoms with Gasteiger partial charge in [0.25, 0.3) is 5.24 Å². The molecule has 0 saturated heterocycles. The van der Waals surface area contributed by atoms with Crippen LogP contribution in [0.4, 0.5) is 13.2 Å². The van der Waals surface area contributed by atoms with E-state index in [1.54, 1.807) is 0 Å². The smallest absolute Gasteiger partial charge is 0.405 e. The van der Waals surface area contributed by atoms with Gasteiger partial charge in [-0.15, -0.1) is 13.2 Å². The summed E-state index contributed by atoms with van der Waals surface area (Å²) in [5, 5.41) is -0.981. The highest BCUT2D eigenvalue weighted by Gasteiger charge is 2.32. The minimum Gasteiger partial charge on any atom is -0.405 e. The molecule has 0 atom stereocenters. The lowest BCUT2D eigenvalue weighted by atomic mass is 10.2. The SMILES string of the molecule is O=C(Cl)c1cc(Cl)ccc1OC(F)(F)F. The Morgan fingerprint density at radius 2 is 1.93 bits per heavy atom. The Hall–Kier alpha value is -0.940. The maximum Gasteiger partial charge on any atom is 0.573 e. The number of hydrogen-bond acceptors (Lipinski definition) is 2. The monoisotopic (exact) mass is 258 g/mol. The van der Waals surface area contributed by atoms with Crippen molar-refractivity contribution in [3.63, 3.8) is 0 Å². The summed E-state index contributed by atoms with van der Waals surface area (Å²) in [5.74, 6) is -0.674. The first-order valence-electron chi connectivity index (χ1n) is 3.55. The van der Waals surface area contributed by atoms with Crippen molar-refractivity contribution in [3.05, 3.63) is 28.8 Å². The van der Waals surface area contributed by atoms with Gasteiger partial charge in [-0.05, 0) is 29.8 Å². The van der Waals surface area contributed by atoms with Gasteiger partial charge in [0.1, 0.15) is 5.75 Å². The Bertz CT molecular complexity index is 390. The van der Waals surface area contributed by atoms with Gasteiger partial charge in [-0.2, -0.15) is 0 Å². The molecule has 0 aliphatic carbocycles. The van der Waals surface area contributed by atoms with Gasteiger partial charge in [-0.25, -0.2) is 0 Å². The van der Waals surface area contributed by atoms with E-state index in [4.69, 9.17) is 23.2 Å². The summed E-state index contributed by atoms with van der Waals surface area (Å²) in [7, 11) is 0. The average molecular weight is 259 g/mol. The van der Waals surface area contributed by atoms with Gasteiger partial charge in [0.15, 0.2) is 0 Å². The van der Waals surface area contributed by atoms with Crippen LogP contribution < -0.4 is 4.74 Å². The second-order valence-corrected chi connectivity index (χ2v) is 3.24. The quantitative estimate of drug-likeness (QED) is 0.758. The van der Waals surface area contributed by atoms with Crippen molar-refractivity contribution >= 4 is 28.4 Å². The molecule has 15 heavy (non-hydrogen) atoms. The first-order chi connectivity index (χ1) is 6.79. The second kappa shape index (κ2) is 4.28. The van der Waals surface area contributed by atoms with Crippen LogP contribution in [-0.4, -0.2) is 11.6 Å². The van der Waals surface area contributed by atoms with E-state index >= 15 is 0 Å². The predicted octanol–water partition coefficient (Wildman–Crippen LogP) is 3.62. The Labute approximate surface area is 92.5 Å². The van der Waals surface area contributed by atoms with Crippen LogP contribution in [0.5, 0.6) is 5.75 Å². The molecule has 0 fully saturated rings. The van der Waals surface area contributed by atoms with Crippen molar-refractivity contribution in [1.29, 1.82) is 0 Å². The zero-order chi connectivity index (χ0) is 11.6. The molecule has 1 rings (SSSR count). The van der Waals surface area contributed by atoms with E-state index in [9.17, 15) is 18.0 Å². The van der Waals surface area contributed by atoms with Crippen molar-refractivity contribution in [2.75, 3.05) is 0 Å². The molecule has 7 heteroatoms. The van der Waals surface area contributed by atoms with Crippen molar-refractivity contribution in [3.8, 4) is 5.75 Å². The number of carbonyl (C=O) groups is 1. The molecule has 0 radical (unpaired) electrons. The number of hydrogen-bond donors (Lipinski definition) is 0. The standard InChI is InChI=1S/C8H3Cl2F3O2/c9-4-1-2-6(15-8(11,12)13)5(3-4)7(10)14/h1-3H. The summed E-state index contributed by atoms with van der Waals surface area (Å²) < 4.78 is 39.2. The predicted molar refractivity (Wildman–Crippen MR) is 48.3 cm³/mol. The highest BCUT2D eigenvalue weighted by Crippen LogP contribution is 2.29. The number of rotatable bonds is 2. The maximum atomic E-state index is 11.9. The van der Waals surface area contributed by atoms with E-state index in [-0.39, 0.29) is 5.02 Å². The van der Waals surface area contributed by atoms with E-state index in [1.165, 1.54) is 0 Å². The highest BCUT2D eigenvalue weighted by atomic mass is 35.5. The minimum atomic E-state index is -4.88. The fourth-order valence-electron chi connectivity index (χ4n) is 0.869. The van der Waals surface area contributed by atoms with Crippen molar-refractivity contribution < 1.29 is 22.7 Å². The third kappa shape index (κ3) is 3.60. The molecule has 2 nitrogen and oxygen atoms in total. The molecule has 1 aromatic rings. The molecule has 0 spiro atoms. The van der Waals surface area contributed by atoms with E-state index in [0.717, 1.165) is 18.2 Å². The molecule has 0 unspecified atom stereocenters. The lowest BCUT2D eigenvalue weighted by Crippen LogP contribution is -2.18. The summed E-state index contributed by atoms with van der Waals surface area (Å²) >= 11 is 10.5. The Kier molecular flexibility index (Phi) is 3.46. The first kappa shape index (κ1) is 12.1. The van der Waals surface area contributed by atoms with Crippen LogP contribution in [0.1, 0.15) is 10.4 Å². The molecule has 0 N–H and O–H groups in total. The van der Waals surface area contributed by atoms with Gasteiger partial charge in [0.2, 0.25) is 0 Å². The Balaban J connectivity index is 3.12. The Morgan fingerprint density at radius 1 is 1.33 bits per heavy atom. The van der Waals surface area contributed by atoms with Crippen LogP contribution in [-0.2, 0) is 0 Å². The van der Waals surface area contributed by atoms with Crippen LogP contribution in [0.15, 0.2) is 18.2 Å². The molecular weight excluding hydrogens is 256 g/mol. The summed E-state index contributed by atoms with van der Waals surface area (Å²) in [4.78, 5) is 10.8.